The molecular formula is C10H17N3O4. The van der Waals surface area contributed by atoms with Gasteiger partial charge in [0.15, 0.2) is 0 Å². The number of hydrogen-bond acceptors (Lipinski definition) is 7. The Morgan fingerprint density at radius 2 is 2.41 bits per heavy atom. The third kappa shape index (κ3) is 3.74. The molecule has 2 rings (SSSR count). The highest BCUT2D eigenvalue weighted by molar-refractivity contribution is 4.92. The fourth-order valence-corrected chi connectivity index (χ4v) is 1.48. The van der Waals surface area contributed by atoms with Gasteiger partial charge in [0.2, 0.25) is 11.7 Å². The second kappa shape index (κ2) is 6.65. The summed E-state index contributed by atoms with van der Waals surface area (Å²) in [5.41, 5.74) is 0. The van der Waals surface area contributed by atoms with Gasteiger partial charge in [-0.15, -0.1) is 0 Å². The van der Waals surface area contributed by atoms with Gasteiger partial charge in [0.1, 0.15) is 6.10 Å². The van der Waals surface area contributed by atoms with Crippen molar-refractivity contribution in [1.82, 2.24) is 15.5 Å². The molecule has 1 aliphatic heterocycles. The van der Waals surface area contributed by atoms with Crippen LogP contribution in [0, 0.1) is 0 Å². The molecule has 0 radical (unpaired) electrons. The van der Waals surface area contributed by atoms with Gasteiger partial charge >= 0.3 is 0 Å². The Bertz CT molecular complexity index is 325. The largest absolute Gasteiger partial charge is 0.383 e. The van der Waals surface area contributed by atoms with Crippen molar-refractivity contribution in [3.8, 4) is 0 Å². The molecule has 0 amide bonds. The average molecular weight is 243 g/mol. The van der Waals surface area contributed by atoms with E-state index in [4.69, 9.17) is 18.7 Å². The summed E-state index contributed by atoms with van der Waals surface area (Å²) in [5.74, 6) is 1.10. The molecule has 0 spiro atoms. The van der Waals surface area contributed by atoms with E-state index in [-0.39, 0.29) is 6.10 Å². The van der Waals surface area contributed by atoms with Gasteiger partial charge in [0.25, 0.3) is 0 Å². The fourth-order valence-electron chi connectivity index (χ4n) is 1.48. The van der Waals surface area contributed by atoms with E-state index < -0.39 is 0 Å². The SMILES string of the molecule is COCCNCc1nc(C2COCCO2)no1. The quantitative estimate of drug-likeness (QED) is 0.698. The summed E-state index contributed by atoms with van der Waals surface area (Å²) >= 11 is 0. The molecule has 2 heterocycles. The molecule has 1 N–H and O–H groups in total. The first kappa shape index (κ1) is 12.4. The van der Waals surface area contributed by atoms with Crippen molar-refractivity contribution in [2.45, 2.75) is 12.6 Å². The molecule has 0 aromatic carbocycles. The predicted molar refractivity (Wildman–Crippen MR) is 57.4 cm³/mol. The Kier molecular flexibility index (Phi) is 4.87. The first-order chi connectivity index (χ1) is 8.40. The Labute approximate surface area is 99.4 Å². The number of hydrogen-bond donors (Lipinski definition) is 1. The lowest BCUT2D eigenvalue weighted by Gasteiger charge is -2.19. The van der Waals surface area contributed by atoms with Crippen LogP contribution in [0.25, 0.3) is 0 Å². The van der Waals surface area contributed by atoms with Crippen LogP contribution >= 0.6 is 0 Å². The lowest BCUT2D eigenvalue weighted by atomic mass is 10.3. The zero-order valence-corrected chi connectivity index (χ0v) is 9.85. The molecular weight excluding hydrogens is 226 g/mol. The summed E-state index contributed by atoms with van der Waals surface area (Å²) in [6, 6.07) is 0. The maximum Gasteiger partial charge on any atom is 0.240 e. The standard InChI is InChI=1S/C10H17N3O4/c1-14-3-2-11-6-9-12-10(13-17-9)8-7-15-4-5-16-8/h8,11H,2-7H2,1H3. The van der Waals surface area contributed by atoms with Gasteiger partial charge in [-0.05, 0) is 0 Å². The minimum atomic E-state index is -0.208. The summed E-state index contributed by atoms with van der Waals surface area (Å²) < 4.78 is 20.8. The number of nitrogens with one attached hydrogen (secondary N) is 1. The second-order valence-electron chi connectivity index (χ2n) is 3.65. The maximum absolute atomic E-state index is 5.47. The van der Waals surface area contributed by atoms with Crippen LogP contribution in [0.4, 0.5) is 0 Å². The van der Waals surface area contributed by atoms with Crippen molar-refractivity contribution in [2.24, 2.45) is 0 Å². The van der Waals surface area contributed by atoms with Crippen LogP contribution in [-0.2, 0) is 20.8 Å². The predicted octanol–water partition coefficient (Wildman–Crippen LogP) is -0.107. The van der Waals surface area contributed by atoms with Gasteiger partial charge in [-0.25, -0.2) is 0 Å². The molecule has 0 aliphatic carbocycles. The summed E-state index contributed by atoms with van der Waals surface area (Å²) in [6.07, 6.45) is -0.208. The van der Waals surface area contributed by atoms with Crippen molar-refractivity contribution in [1.29, 1.82) is 0 Å². The summed E-state index contributed by atoms with van der Waals surface area (Å²) in [6.45, 7) is 3.61. The number of nitrogens with zero attached hydrogens (tertiary/aromatic N) is 2. The molecule has 7 heteroatoms. The molecule has 1 aromatic heterocycles. The number of methoxy groups -OCH3 is 1. The topological polar surface area (TPSA) is 78.6 Å². The van der Waals surface area contributed by atoms with E-state index in [0.717, 1.165) is 6.54 Å². The van der Waals surface area contributed by atoms with Crippen LogP contribution < -0.4 is 5.32 Å². The Hall–Kier alpha value is -1.02. The van der Waals surface area contributed by atoms with Gasteiger partial charge in [0, 0.05) is 13.7 Å². The lowest BCUT2D eigenvalue weighted by molar-refractivity contribution is -0.0941. The normalized spacial score (nSPS) is 20.6. The van der Waals surface area contributed by atoms with Crippen LogP contribution in [0.5, 0.6) is 0 Å². The summed E-state index contributed by atoms with van der Waals surface area (Å²) in [5, 5.41) is 7.00. The number of rotatable bonds is 6. The van der Waals surface area contributed by atoms with E-state index in [1.54, 1.807) is 7.11 Å². The second-order valence-corrected chi connectivity index (χ2v) is 3.65. The Morgan fingerprint density at radius 3 is 3.18 bits per heavy atom. The molecule has 96 valence electrons. The smallest absolute Gasteiger partial charge is 0.240 e. The fraction of sp³-hybridized carbons (Fsp3) is 0.800. The summed E-state index contributed by atoms with van der Waals surface area (Å²) in [7, 11) is 1.66. The lowest BCUT2D eigenvalue weighted by Crippen LogP contribution is -2.23. The highest BCUT2D eigenvalue weighted by Gasteiger charge is 2.22. The van der Waals surface area contributed by atoms with E-state index in [1.165, 1.54) is 0 Å². The molecule has 1 saturated heterocycles. The van der Waals surface area contributed by atoms with Gasteiger partial charge in [0.05, 0.1) is 33.0 Å². The first-order valence-corrected chi connectivity index (χ1v) is 5.61. The van der Waals surface area contributed by atoms with E-state index in [2.05, 4.69) is 15.5 Å². The Balaban J connectivity index is 1.78. The molecule has 0 bridgehead atoms. The molecule has 1 aliphatic rings. The van der Waals surface area contributed by atoms with Crippen molar-refractivity contribution < 1.29 is 18.7 Å². The van der Waals surface area contributed by atoms with Crippen molar-refractivity contribution in [3.05, 3.63) is 11.7 Å². The van der Waals surface area contributed by atoms with E-state index in [1.807, 2.05) is 0 Å². The van der Waals surface area contributed by atoms with E-state index >= 15 is 0 Å². The zero-order valence-electron chi connectivity index (χ0n) is 9.85. The maximum atomic E-state index is 5.47. The third-order valence-corrected chi connectivity index (χ3v) is 2.35. The van der Waals surface area contributed by atoms with Crippen LogP contribution in [-0.4, -0.2) is 50.2 Å². The van der Waals surface area contributed by atoms with Crippen LogP contribution in [0.2, 0.25) is 0 Å². The van der Waals surface area contributed by atoms with Crippen molar-refractivity contribution in [2.75, 3.05) is 40.1 Å². The van der Waals surface area contributed by atoms with E-state index in [0.29, 0.717) is 44.7 Å². The van der Waals surface area contributed by atoms with E-state index in [9.17, 15) is 0 Å². The molecule has 17 heavy (non-hydrogen) atoms. The molecule has 7 nitrogen and oxygen atoms in total. The zero-order chi connectivity index (χ0) is 11.9. The highest BCUT2D eigenvalue weighted by atomic mass is 16.6. The van der Waals surface area contributed by atoms with Gasteiger partial charge < -0.3 is 24.1 Å². The van der Waals surface area contributed by atoms with Crippen LogP contribution in [0.15, 0.2) is 4.52 Å². The van der Waals surface area contributed by atoms with Crippen molar-refractivity contribution >= 4 is 0 Å². The monoisotopic (exact) mass is 243 g/mol. The summed E-state index contributed by atoms with van der Waals surface area (Å²) in [4.78, 5) is 4.25. The van der Waals surface area contributed by atoms with Gasteiger partial charge in [-0.3, -0.25) is 0 Å². The number of ether oxygens (including phenoxy) is 3. The number of aromatic nitrogens is 2. The highest BCUT2D eigenvalue weighted by Crippen LogP contribution is 2.17. The molecule has 1 atom stereocenters. The Morgan fingerprint density at radius 1 is 1.47 bits per heavy atom. The van der Waals surface area contributed by atoms with Gasteiger partial charge in [-0.2, -0.15) is 4.98 Å². The van der Waals surface area contributed by atoms with Crippen LogP contribution in [0.3, 0.4) is 0 Å². The molecule has 1 aromatic rings. The average Bonchev–Trinajstić information content (AvgIpc) is 2.85. The molecule has 1 unspecified atom stereocenters. The van der Waals surface area contributed by atoms with Crippen molar-refractivity contribution in [3.63, 3.8) is 0 Å². The van der Waals surface area contributed by atoms with Gasteiger partial charge in [-0.1, -0.05) is 5.16 Å². The third-order valence-electron chi connectivity index (χ3n) is 2.35. The molecule has 0 saturated carbocycles. The minimum Gasteiger partial charge on any atom is -0.383 e. The first-order valence-electron chi connectivity index (χ1n) is 5.61. The molecule has 1 fully saturated rings. The minimum absolute atomic E-state index is 0.208. The van der Waals surface area contributed by atoms with Crippen LogP contribution in [0.1, 0.15) is 17.8 Å².